The van der Waals surface area contributed by atoms with Crippen LogP contribution in [-0.2, 0) is 21.4 Å². The molecule has 0 radical (unpaired) electrons. The van der Waals surface area contributed by atoms with Crippen molar-refractivity contribution in [3.05, 3.63) is 90.2 Å². The van der Waals surface area contributed by atoms with Crippen molar-refractivity contribution in [2.75, 3.05) is 12.4 Å². The Morgan fingerprint density at radius 2 is 1.82 bits per heavy atom. The first-order chi connectivity index (χ1) is 16.0. The molecule has 2 aromatic carbocycles. The van der Waals surface area contributed by atoms with Crippen LogP contribution in [0.3, 0.4) is 0 Å². The minimum Gasteiger partial charge on any atom is -0.486 e. The maximum absolute atomic E-state index is 14.2. The normalized spacial score (nSPS) is 11.9. The number of primary amides is 1. The van der Waals surface area contributed by atoms with Gasteiger partial charge in [0.1, 0.15) is 12.6 Å². The van der Waals surface area contributed by atoms with Crippen LogP contribution in [0.25, 0.3) is 0 Å². The van der Waals surface area contributed by atoms with Gasteiger partial charge in [0.15, 0.2) is 11.6 Å². The fraction of sp³-hybridized carbons (Fsp3) is 0.320. The average Bonchev–Trinajstić information content (AvgIpc) is 2.76. The summed E-state index contributed by atoms with van der Waals surface area (Å²) < 4.78 is 45.8. The van der Waals surface area contributed by atoms with Gasteiger partial charge in [-0.05, 0) is 42.2 Å². The number of hydrogen-bond acceptors (Lipinski definition) is 4. The van der Waals surface area contributed by atoms with E-state index >= 15 is 0 Å². The van der Waals surface area contributed by atoms with Gasteiger partial charge >= 0.3 is 0 Å². The minimum atomic E-state index is -3.85. The molecule has 0 aromatic heterocycles. The number of nitrogens with two attached hydrogens (primary N) is 1. The van der Waals surface area contributed by atoms with Crippen molar-refractivity contribution in [2.24, 2.45) is 11.7 Å². The van der Waals surface area contributed by atoms with E-state index in [-0.39, 0.29) is 37.0 Å². The maximum atomic E-state index is 14.2. The fourth-order valence-electron chi connectivity index (χ4n) is 2.97. The van der Waals surface area contributed by atoms with Crippen molar-refractivity contribution in [1.29, 1.82) is 0 Å². The Morgan fingerprint density at radius 1 is 1.18 bits per heavy atom. The SMILES string of the molecule is C=CCOc1ccc(CN([C@H](CC(C)C)C(N)=O)S(=O)(=O)CC=C)cc1F.Clc1ccccc1. The predicted octanol–water partition coefficient (Wildman–Crippen LogP) is 4.95. The number of sulfonamides is 1. The molecule has 0 unspecified atom stereocenters. The lowest BCUT2D eigenvalue weighted by Crippen LogP contribution is -2.48. The van der Waals surface area contributed by atoms with E-state index in [0.29, 0.717) is 5.56 Å². The van der Waals surface area contributed by atoms with Crippen molar-refractivity contribution >= 4 is 27.5 Å². The molecule has 0 fully saturated rings. The summed E-state index contributed by atoms with van der Waals surface area (Å²) in [5.41, 5.74) is 5.84. The van der Waals surface area contributed by atoms with Gasteiger partial charge in [0.2, 0.25) is 15.9 Å². The van der Waals surface area contributed by atoms with Crippen LogP contribution >= 0.6 is 11.6 Å². The van der Waals surface area contributed by atoms with Crippen molar-refractivity contribution < 1.29 is 22.3 Å². The number of halogens is 2. The summed E-state index contributed by atoms with van der Waals surface area (Å²) in [5.74, 6) is -1.65. The van der Waals surface area contributed by atoms with Gasteiger partial charge in [-0.1, -0.05) is 68.4 Å². The third-order valence-corrected chi connectivity index (χ3v) is 6.49. The third kappa shape index (κ3) is 10.1. The topological polar surface area (TPSA) is 89.7 Å². The largest absolute Gasteiger partial charge is 0.486 e. The highest BCUT2D eigenvalue weighted by atomic mass is 35.5. The summed E-state index contributed by atoms with van der Waals surface area (Å²) >= 11 is 5.54. The van der Waals surface area contributed by atoms with E-state index in [1.54, 1.807) is 6.07 Å². The number of rotatable bonds is 12. The molecule has 0 aliphatic heterocycles. The summed E-state index contributed by atoms with van der Waals surface area (Å²) in [6, 6.07) is 12.6. The molecule has 34 heavy (non-hydrogen) atoms. The summed E-state index contributed by atoms with van der Waals surface area (Å²) in [4.78, 5) is 11.9. The summed E-state index contributed by atoms with van der Waals surface area (Å²) in [6.45, 7) is 10.6. The summed E-state index contributed by atoms with van der Waals surface area (Å²) in [5, 5.41) is 0.794. The van der Waals surface area contributed by atoms with Gasteiger partial charge in [-0.25, -0.2) is 12.8 Å². The highest BCUT2D eigenvalue weighted by molar-refractivity contribution is 7.89. The van der Waals surface area contributed by atoms with E-state index in [1.165, 1.54) is 24.3 Å². The van der Waals surface area contributed by atoms with Crippen LogP contribution in [0.5, 0.6) is 5.75 Å². The molecular weight excluding hydrogens is 479 g/mol. The molecule has 1 atom stereocenters. The second kappa shape index (κ2) is 14.6. The van der Waals surface area contributed by atoms with E-state index in [2.05, 4.69) is 13.2 Å². The molecule has 2 N–H and O–H groups in total. The molecule has 0 saturated carbocycles. The van der Waals surface area contributed by atoms with Gasteiger partial charge in [0, 0.05) is 11.6 Å². The molecule has 0 saturated heterocycles. The standard InChI is InChI=1S/C19H27FN2O4S.C6H5Cl/c1-5-9-26-18-8-7-15(12-16(18)20)13-22(27(24,25)10-6-2)17(19(21)23)11-14(3)4;7-6-4-2-1-3-5-6/h5-8,12,14,17H,1-2,9-11,13H2,3-4H3,(H2,21,23);1-5H/t17-;/m1./s1. The number of nitrogens with zero attached hydrogens (tertiary/aromatic N) is 1. The van der Waals surface area contributed by atoms with E-state index in [4.69, 9.17) is 22.1 Å². The average molecular weight is 511 g/mol. The molecule has 0 aliphatic carbocycles. The van der Waals surface area contributed by atoms with Gasteiger partial charge in [-0.15, -0.1) is 6.58 Å². The molecule has 1 amide bonds. The number of carbonyl (C=O) groups excluding carboxylic acids is 1. The van der Waals surface area contributed by atoms with Gasteiger partial charge in [-0.2, -0.15) is 4.31 Å². The quantitative estimate of drug-likeness (QED) is 0.409. The van der Waals surface area contributed by atoms with Crippen molar-refractivity contribution in [2.45, 2.75) is 32.9 Å². The Labute approximate surface area is 206 Å². The zero-order chi connectivity index (χ0) is 25.7. The minimum absolute atomic E-state index is 0.0350. The molecule has 2 aromatic rings. The Bertz CT molecular complexity index is 1050. The smallest absolute Gasteiger partial charge is 0.235 e. The van der Waals surface area contributed by atoms with E-state index in [0.717, 1.165) is 9.33 Å². The van der Waals surface area contributed by atoms with E-state index in [9.17, 15) is 17.6 Å². The van der Waals surface area contributed by atoms with Crippen LogP contribution in [0, 0.1) is 11.7 Å². The van der Waals surface area contributed by atoms with Crippen molar-refractivity contribution in [3.63, 3.8) is 0 Å². The number of carbonyl (C=O) groups is 1. The van der Waals surface area contributed by atoms with Crippen LogP contribution in [0.1, 0.15) is 25.8 Å². The molecular formula is C25H32ClFN2O4S. The Morgan fingerprint density at radius 3 is 2.26 bits per heavy atom. The first-order valence-electron chi connectivity index (χ1n) is 10.6. The second-order valence-electron chi connectivity index (χ2n) is 7.82. The number of hydrogen-bond donors (Lipinski definition) is 1. The van der Waals surface area contributed by atoms with Crippen LogP contribution in [0.2, 0.25) is 5.02 Å². The van der Waals surface area contributed by atoms with E-state index in [1.807, 2.05) is 44.2 Å². The highest BCUT2D eigenvalue weighted by Crippen LogP contribution is 2.23. The second-order valence-corrected chi connectivity index (χ2v) is 10.2. The zero-order valence-corrected chi connectivity index (χ0v) is 21.1. The van der Waals surface area contributed by atoms with Crippen molar-refractivity contribution in [3.8, 4) is 5.75 Å². The van der Waals surface area contributed by atoms with Gasteiger partial charge in [-0.3, -0.25) is 4.79 Å². The lowest BCUT2D eigenvalue weighted by atomic mass is 10.0. The maximum Gasteiger partial charge on any atom is 0.235 e. The molecule has 2 rings (SSSR count). The molecule has 0 spiro atoms. The van der Waals surface area contributed by atoms with Crippen LogP contribution in [0.15, 0.2) is 73.8 Å². The lowest BCUT2D eigenvalue weighted by molar-refractivity contribution is -0.122. The Kier molecular flexibility index (Phi) is 12.6. The molecule has 6 nitrogen and oxygen atoms in total. The van der Waals surface area contributed by atoms with E-state index < -0.39 is 27.8 Å². The summed E-state index contributed by atoms with van der Waals surface area (Å²) in [7, 11) is -3.85. The zero-order valence-electron chi connectivity index (χ0n) is 19.5. The number of ether oxygens (including phenoxy) is 1. The highest BCUT2D eigenvalue weighted by Gasteiger charge is 2.33. The predicted molar refractivity (Wildman–Crippen MR) is 136 cm³/mol. The first-order valence-corrected chi connectivity index (χ1v) is 12.6. The fourth-order valence-corrected chi connectivity index (χ4v) is 4.53. The molecule has 9 heteroatoms. The molecule has 186 valence electrons. The van der Waals surface area contributed by atoms with Crippen LogP contribution in [-0.4, -0.2) is 37.0 Å². The monoisotopic (exact) mass is 510 g/mol. The number of benzene rings is 2. The Hall–Kier alpha value is -2.68. The summed E-state index contributed by atoms with van der Waals surface area (Å²) in [6.07, 6.45) is 2.98. The third-order valence-electron chi connectivity index (χ3n) is 4.48. The van der Waals surface area contributed by atoms with Crippen LogP contribution < -0.4 is 10.5 Å². The molecule has 0 heterocycles. The van der Waals surface area contributed by atoms with Gasteiger partial charge in [0.25, 0.3) is 0 Å². The molecule has 0 aliphatic rings. The lowest BCUT2D eigenvalue weighted by Gasteiger charge is -2.29. The molecule has 0 bridgehead atoms. The van der Waals surface area contributed by atoms with Crippen LogP contribution in [0.4, 0.5) is 4.39 Å². The van der Waals surface area contributed by atoms with Crippen molar-refractivity contribution in [1.82, 2.24) is 4.31 Å². The van der Waals surface area contributed by atoms with Gasteiger partial charge < -0.3 is 10.5 Å². The first kappa shape index (κ1) is 29.4. The number of amides is 1. The Balaban J connectivity index is 0.000000700. The van der Waals surface area contributed by atoms with Gasteiger partial charge in [0.05, 0.1) is 5.75 Å².